The predicted octanol–water partition coefficient (Wildman–Crippen LogP) is 3.63. The lowest BCUT2D eigenvalue weighted by Gasteiger charge is -2.15. The van der Waals surface area contributed by atoms with Crippen LogP contribution in [0.2, 0.25) is 0 Å². The Morgan fingerprint density at radius 1 is 0.857 bits per heavy atom. The van der Waals surface area contributed by atoms with Crippen LogP contribution in [0, 0.1) is 0 Å². The number of rotatable bonds is 10. The summed E-state index contributed by atoms with van der Waals surface area (Å²) in [5, 5.41) is 0. The van der Waals surface area contributed by atoms with Crippen LogP contribution in [0.4, 0.5) is 0 Å². The summed E-state index contributed by atoms with van der Waals surface area (Å²) < 4.78 is 0. The molecule has 0 saturated heterocycles. The van der Waals surface area contributed by atoms with Crippen molar-refractivity contribution < 1.29 is 0 Å². The fourth-order valence-corrected chi connectivity index (χ4v) is 1.45. The van der Waals surface area contributed by atoms with Gasteiger partial charge in [-0.3, -0.25) is 0 Å². The molecule has 0 aliphatic rings. The molecule has 1 nitrogen and oxygen atoms in total. The van der Waals surface area contributed by atoms with E-state index in [2.05, 4.69) is 25.1 Å². The summed E-state index contributed by atoms with van der Waals surface area (Å²) in [7, 11) is 2.21. The first-order valence-electron chi connectivity index (χ1n) is 5.71. The molecule has 1 heteroatoms. The van der Waals surface area contributed by atoms with Crippen LogP contribution in [0.3, 0.4) is 0 Å². The average molecular weight is 195 g/mol. The quantitative estimate of drug-likeness (QED) is 0.380. The molecular weight excluding hydrogens is 170 g/mol. The summed E-state index contributed by atoms with van der Waals surface area (Å²) in [4.78, 5) is 2.42. The van der Waals surface area contributed by atoms with Gasteiger partial charge < -0.3 is 4.90 Å². The van der Waals surface area contributed by atoms with Gasteiger partial charge in [-0.25, -0.2) is 0 Å². The third-order valence-electron chi connectivity index (χ3n) is 2.40. The van der Waals surface area contributed by atoms with Crippen molar-refractivity contribution in [3.63, 3.8) is 0 Å². The van der Waals surface area contributed by atoms with Crippen molar-refractivity contribution in [3.8, 4) is 0 Å². The van der Waals surface area contributed by atoms with Gasteiger partial charge in [0.25, 0.3) is 0 Å². The van der Waals surface area contributed by atoms with Gasteiger partial charge in [-0.15, -0.1) is 13.2 Å². The molecule has 0 N–H and O–H groups in total. The fourth-order valence-electron chi connectivity index (χ4n) is 1.45. The first kappa shape index (κ1) is 13.4. The SMILES string of the molecule is C=CCCCCN(C)CCCCC=C. The Labute approximate surface area is 89.5 Å². The zero-order chi connectivity index (χ0) is 10.6. The van der Waals surface area contributed by atoms with Crippen molar-refractivity contribution in [3.05, 3.63) is 25.3 Å². The Kier molecular flexibility index (Phi) is 10.1. The van der Waals surface area contributed by atoms with Crippen LogP contribution in [-0.2, 0) is 0 Å². The van der Waals surface area contributed by atoms with Crippen LogP contribution >= 0.6 is 0 Å². The molecule has 0 aliphatic carbocycles. The van der Waals surface area contributed by atoms with Crippen LogP contribution in [0.25, 0.3) is 0 Å². The lowest BCUT2D eigenvalue weighted by molar-refractivity contribution is 0.319. The molecule has 0 heterocycles. The Hall–Kier alpha value is -0.560. The molecule has 0 unspecified atom stereocenters. The second-order valence-corrected chi connectivity index (χ2v) is 3.87. The minimum atomic E-state index is 1.16. The molecule has 0 spiro atoms. The number of hydrogen-bond acceptors (Lipinski definition) is 1. The molecular formula is C13H25N. The highest BCUT2D eigenvalue weighted by Gasteiger charge is 1.96. The van der Waals surface area contributed by atoms with E-state index in [1.165, 1.54) is 38.8 Å². The zero-order valence-electron chi connectivity index (χ0n) is 9.67. The second kappa shape index (κ2) is 10.5. The minimum absolute atomic E-state index is 1.16. The van der Waals surface area contributed by atoms with Gasteiger partial charge in [0.2, 0.25) is 0 Å². The van der Waals surface area contributed by atoms with E-state index >= 15 is 0 Å². The Morgan fingerprint density at radius 2 is 1.29 bits per heavy atom. The fraction of sp³-hybridized carbons (Fsp3) is 0.692. The van der Waals surface area contributed by atoms with Gasteiger partial charge in [-0.1, -0.05) is 12.2 Å². The highest BCUT2D eigenvalue weighted by Crippen LogP contribution is 2.01. The van der Waals surface area contributed by atoms with Gasteiger partial charge in [-0.05, 0) is 58.7 Å². The third kappa shape index (κ3) is 9.53. The molecule has 0 amide bonds. The van der Waals surface area contributed by atoms with Gasteiger partial charge in [0.1, 0.15) is 0 Å². The highest BCUT2D eigenvalue weighted by molar-refractivity contribution is 4.67. The van der Waals surface area contributed by atoms with Crippen molar-refractivity contribution >= 4 is 0 Å². The Bertz CT molecular complexity index is 124. The van der Waals surface area contributed by atoms with Gasteiger partial charge in [0.15, 0.2) is 0 Å². The molecule has 0 atom stereocenters. The van der Waals surface area contributed by atoms with E-state index in [4.69, 9.17) is 0 Å². The van der Waals surface area contributed by atoms with Gasteiger partial charge in [-0.2, -0.15) is 0 Å². The third-order valence-corrected chi connectivity index (χ3v) is 2.40. The largest absolute Gasteiger partial charge is 0.306 e. The first-order chi connectivity index (χ1) is 6.81. The van der Waals surface area contributed by atoms with Gasteiger partial charge in [0, 0.05) is 0 Å². The number of nitrogens with zero attached hydrogens (tertiary/aromatic N) is 1. The standard InChI is InChI=1S/C13H25N/c1-4-6-8-10-12-14(3)13-11-9-7-5-2/h4-5H,1-2,6-13H2,3H3. The van der Waals surface area contributed by atoms with Crippen molar-refractivity contribution in [1.82, 2.24) is 4.90 Å². The smallest absolute Gasteiger partial charge is 0.00217 e. The molecule has 0 fully saturated rings. The number of unbranched alkanes of at least 4 members (excludes halogenated alkanes) is 4. The maximum absolute atomic E-state index is 3.72. The molecule has 0 rings (SSSR count). The monoisotopic (exact) mass is 195 g/mol. The van der Waals surface area contributed by atoms with E-state index in [1.807, 2.05) is 12.2 Å². The lowest BCUT2D eigenvalue weighted by Crippen LogP contribution is -2.20. The molecule has 14 heavy (non-hydrogen) atoms. The average Bonchev–Trinajstić information content (AvgIpc) is 2.19. The van der Waals surface area contributed by atoms with Crippen LogP contribution in [0.5, 0.6) is 0 Å². The van der Waals surface area contributed by atoms with E-state index in [1.54, 1.807) is 0 Å². The van der Waals surface area contributed by atoms with Crippen LogP contribution in [0.15, 0.2) is 25.3 Å². The van der Waals surface area contributed by atoms with E-state index in [9.17, 15) is 0 Å². The molecule has 0 aromatic rings. The molecule has 0 radical (unpaired) electrons. The van der Waals surface area contributed by atoms with E-state index < -0.39 is 0 Å². The van der Waals surface area contributed by atoms with Crippen LogP contribution in [0.1, 0.15) is 38.5 Å². The molecule has 82 valence electrons. The minimum Gasteiger partial charge on any atom is -0.306 e. The summed E-state index contributed by atoms with van der Waals surface area (Å²) in [6, 6.07) is 0. The van der Waals surface area contributed by atoms with Crippen molar-refractivity contribution in [2.45, 2.75) is 38.5 Å². The van der Waals surface area contributed by atoms with E-state index in [0.29, 0.717) is 0 Å². The van der Waals surface area contributed by atoms with Crippen LogP contribution in [-0.4, -0.2) is 25.0 Å². The summed E-state index contributed by atoms with van der Waals surface area (Å²) >= 11 is 0. The zero-order valence-corrected chi connectivity index (χ0v) is 9.67. The van der Waals surface area contributed by atoms with Crippen LogP contribution < -0.4 is 0 Å². The van der Waals surface area contributed by atoms with Gasteiger partial charge in [0.05, 0.1) is 0 Å². The summed E-state index contributed by atoms with van der Waals surface area (Å²) in [5.41, 5.74) is 0. The first-order valence-corrected chi connectivity index (χ1v) is 5.71. The molecule has 0 aromatic heterocycles. The maximum atomic E-state index is 3.72. The molecule has 0 aliphatic heterocycles. The van der Waals surface area contributed by atoms with Crippen molar-refractivity contribution in [2.24, 2.45) is 0 Å². The Morgan fingerprint density at radius 3 is 1.64 bits per heavy atom. The predicted molar refractivity (Wildman–Crippen MR) is 65.6 cm³/mol. The second-order valence-electron chi connectivity index (χ2n) is 3.87. The Balaban J connectivity index is 3.14. The summed E-state index contributed by atoms with van der Waals surface area (Å²) in [5.74, 6) is 0. The summed E-state index contributed by atoms with van der Waals surface area (Å²) in [6.07, 6.45) is 11.5. The lowest BCUT2D eigenvalue weighted by atomic mass is 10.2. The van der Waals surface area contributed by atoms with Crippen molar-refractivity contribution in [1.29, 1.82) is 0 Å². The topological polar surface area (TPSA) is 3.24 Å². The van der Waals surface area contributed by atoms with Crippen molar-refractivity contribution in [2.75, 3.05) is 20.1 Å². The molecule has 0 bridgehead atoms. The summed E-state index contributed by atoms with van der Waals surface area (Å²) in [6.45, 7) is 9.90. The number of hydrogen-bond donors (Lipinski definition) is 0. The maximum Gasteiger partial charge on any atom is -0.00217 e. The normalized spacial score (nSPS) is 10.4. The molecule has 0 saturated carbocycles. The van der Waals surface area contributed by atoms with E-state index in [-0.39, 0.29) is 0 Å². The molecule has 0 aromatic carbocycles. The highest BCUT2D eigenvalue weighted by atomic mass is 15.1. The van der Waals surface area contributed by atoms with E-state index in [0.717, 1.165) is 12.8 Å². The van der Waals surface area contributed by atoms with Gasteiger partial charge >= 0.3 is 0 Å². The number of allylic oxidation sites excluding steroid dienone is 2.